The minimum atomic E-state index is -1.90. The predicted octanol–water partition coefficient (Wildman–Crippen LogP) is -5.87. The van der Waals surface area contributed by atoms with Crippen molar-refractivity contribution in [2.75, 3.05) is 13.1 Å². The van der Waals surface area contributed by atoms with E-state index in [9.17, 15) is 68.4 Å². The molecular formula is C45H76N14O14. The number of aromatic hydroxyl groups is 1. The molecule has 0 saturated heterocycles. The van der Waals surface area contributed by atoms with Crippen LogP contribution in [-0.2, 0) is 54.4 Å². The van der Waals surface area contributed by atoms with Crippen molar-refractivity contribution >= 4 is 65.1 Å². The van der Waals surface area contributed by atoms with E-state index in [0.717, 1.165) is 13.8 Å². The van der Waals surface area contributed by atoms with Crippen LogP contribution >= 0.6 is 0 Å². The third-order valence-corrected chi connectivity index (χ3v) is 10.8. The quantitative estimate of drug-likeness (QED) is 0.0177. The third kappa shape index (κ3) is 24.2. The molecule has 0 heterocycles. The smallest absolute Gasteiger partial charge is 0.326 e. The zero-order valence-electron chi connectivity index (χ0n) is 42.0. The second kappa shape index (κ2) is 32.0. The first kappa shape index (κ1) is 63.8. The number of carbonyl (C=O) groups excluding carboxylic acids is 9. The number of carboxylic acids is 1. The number of aliphatic imine (C=N–C) groups is 1. The average Bonchev–Trinajstić information content (AvgIpc) is 3.29. The third-order valence-electron chi connectivity index (χ3n) is 10.8. The van der Waals surface area contributed by atoms with Crippen molar-refractivity contribution in [2.45, 2.75) is 159 Å². The van der Waals surface area contributed by atoms with Crippen LogP contribution in [0.25, 0.3) is 0 Å². The van der Waals surface area contributed by atoms with E-state index in [0.29, 0.717) is 12.0 Å². The zero-order valence-corrected chi connectivity index (χ0v) is 42.0. The van der Waals surface area contributed by atoms with E-state index in [1.165, 1.54) is 38.1 Å². The van der Waals surface area contributed by atoms with Gasteiger partial charge in [-0.2, -0.15) is 0 Å². The number of carbonyl (C=O) groups is 10. The first-order valence-corrected chi connectivity index (χ1v) is 23.7. The number of unbranched alkanes of at least 4 members (excludes halogenated alkanes) is 1. The number of nitrogens with one attached hydrogen (secondary N) is 8. The Bertz CT molecular complexity index is 2070. The summed E-state index contributed by atoms with van der Waals surface area (Å²) in [6.45, 7) is 8.81. The maximum Gasteiger partial charge on any atom is 0.326 e. The number of phenols is 1. The molecule has 1 aromatic carbocycles. The largest absolute Gasteiger partial charge is 0.508 e. The molecule has 9 amide bonds. The van der Waals surface area contributed by atoms with E-state index in [1.54, 1.807) is 0 Å². The summed E-state index contributed by atoms with van der Waals surface area (Å²) in [5, 5.41) is 59.5. The average molecular weight is 1040 g/mol. The van der Waals surface area contributed by atoms with Gasteiger partial charge in [0, 0.05) is 13.0 Å². The van der Waals surface area contributed by atoms with Crippen LogP contribution in [0.5, 0.6) is 5.75 Å². The van der Waals surface area contributed by atoms with Gasteiger partial charge in [0.25, 0.3) is 0 Å². The highest BCUT2D eigenvalue weighted by atomic mass is 16.4. The van der Waals surface area contributed by atoms with Gasteiger partial charge in [0.2, 0.25) is 53.2 Å². The number of nitrogens with zero attached hydrogens (tertiary/aromatic N) is 1. The van der Waals surface area contributed by atoms with Crippen LogP contribution in [0.2, 0.25) is 0 Å². The highest BCUT2D eigenvalue weighted by Crippen LogP contribution is 2.13. The molecule has 1 aromatic rings. The number of amides is 9. The zero-order chi connectivity index (χ0) is 55.7. The summed E-state index contributed by atoms with van der Waals surface area (Å²) in [5.74, 6) is -10.8. The molecule has 11 atom stereocenters. The molecule has 28 nitrogen and oxygen atoms in total. The van der Waals surface area contributed by atoms with E-state index >= 15 is 0 Å². The lowest BCUT2D eigenvalue weighted by molar-refractivity contribution is -0.143. The van der Waals surface area contributed by atoms with Crippen LogP contribution in [0.4, 0.5) is 0 Å². The van der Waals surface area contributed by atoms with Gasteiger partial charge >= 0.3 is 5.97 Å². The molecule has 0 fully saturated rings. The first-order valence-electron chi connectivity index (χ1n) is 23.7. The maximum atomic E-state index is 13.9. The summed E-state index contributed by atoms with van der Waals surface area (Å²) >= 11 is 0. The predicted molar refractivity (Wildman–Crippen MR) is 264 cm³/mol. The van der Waals surface area contributed by atoms with Crippen molar-refractivity contribution in [2.24, 2.45) is 39.6 Å². The lowest BCUT2D eigenvalue weighted by atomic mass is 10.0. The van der Waals surface area contributed by atoms with Crippen LogP contribution in [0.3, 0.4) is 0 Å². The second-order valence-electron chi connectivity index (χ2n) is 18.0. The number of primary amides is 1. The van der Waals surface area contributed by atoms with Gasteiger partial charge in [-0.3, -0.25) is 48.1 Å². The molecular weight excluding hydrogens is 961 g/mol. The van der Waals surface area contributed by atoms with Crippen LogP contribution < -0.4 is 71.2 Å². The summed E-state index contributed by atoms with van der Waals surface area (Å²) in [6.07, 6.45) is -3.66. The summed E-state index contributed by atoms with van der Waals surface area (Å²) in [5.41, 5.74) is 28.0. The Kier molecular flexibility index (Phi) is 28.0. The molecule has 0 aromatic heterocycles. The topological polar surface area (TPSA) is 490 Å². The van der Waals surface area contributed by atoms with Crippen molar-refractivity contribution in [3.63, 3.8) is 0 Å². The van der Waals surface area contributed by atoms with E-state index in [1.807, 2.05) is 13.8 Å². The highest BCUT2D eigenvalue weighted by Gasteiger charge is 2.37. The molecule has 0 unspecified atom stereocenters. The Morgan fingerprint density at radius 2 is 1.01 bits per heavy atom. The van der Waals surface area contributed by atoms with E-state index < -0.39 is 132 Å². The molecule has 410 valence electrons. The Balaban J connectivity index is 3.32. The Labute approximate surface area is 422 Å². The molecule has 28 heteroatoms. The number of nitrogens with two attached hydrogens (primary N) is 5. The number of phenolic OH excluding ortho intramolecular Hbond substituents is 1. The molecule has 0 aliphatic carbocycles. The van der Waals surface area contributed by atoms with E-state index in [4.69, 9.17) is 28.7 Å². The molecule has 0 radical (unpaired) electrons. The monoisotopic (exact) mass is 1040 g/mol. The number of aliphatic carboxylic acids is 1. The van der Waals surface area contributed by atoms with Crippen molar-refractivity contribution in [1.82, 2.24) is 42.5 Å². The van der Waals surface area contributed by atoms with Gasteiger partial charge in [-0.15, -0.1) is 0 Å². The van der Waals surface area contributed by atoms with Crippen LogP contribution in [-0.4, -0.2) is 165 Å². The highest BCUT2D eigenvalue weighted by molar-refractivity contribution is 5.99. The second-order valence-corrected chi connectivity index (χ2v) is 18.0. The molecule has 0 spiro atoms. The molecule has 0 saturated carbocycles. The van der Waals surface area contributed by atoms with Crippen molar-refractivity contribution in [1.29, 1.82) is 0 Å². The standard InChI is InChI=1S/C45H76N14O14/c1-21(2)18-30(55-36(64)22(3)47)40(68)54-29(11-9-17-51-45(49)50)38(66)52-23(4)37(65)53-28(10-7-8-16-46)39(67)58-34(24(5)60)42(70)56-31(20-33(48)63)41(69)59-35(25(6)61)43(71)57-32(44(72)73)19-26-12-14-27(62)15-13-26/h12-15,21-25,28-32,34-35,60-62H,7-11,16-20,46-47H2,1-6H3,(H2,48,63)(H,52,66)(H,53,65)(H,54,68)(H,55,64)(H,56,70)(H,57,71)(H,58,67)(H,59,69)(H,72,73)(H4,49,50,51)/t22-,23-,24+,25+,28-,29-,30-,31-,32-,34-,35-/m0/s1. The maximum absolute atomic E-state index is 13.9. The van der Waals surface area contributed by atoms with Gasteiger partial charge in [-0.05, 0) is 96.4 Å². The van der Waals surface area contributed by atoms with Gasteiger partial charge in [0.1, 0.15) is 54.1 Å². The lowest BCUT2D eigenvalue weighted by Gasteiger charge is -2.28. The summed E-state index contributed by atoms with van der Waals surface area (Å²) < 4.78 is 0. The van der Waals surface area contributed by atoms with Gasteiger partial charge < -0.3 is 91.6 Å². The van der Waals surface area contributed by atoms with Gasteiger partial charge in [-0.25, -0.2) is 4.79 Å². The molecule has 0 bridgehead atoms. The SMILES string of the molecule is CC(C)C[C@H](NC(=O)[C@H](C)N)C(=O)N[C@@H](CCCN=C(N)N)C(=O)N[C@@H](C)C(=O)N[C@@H](CCCCN)C(=O)N[C@H](C(=O)N[C@@H](CC(N)=O)C(=O)N[C@H](C(=O)N[C@@H](Cc1ccc(O)cc1)C(=O)O)[C@@H](C)O)[C@@H](C)O. The minimum Gasteiger partial charge on any atom is -0.508 e. The first-order chi connectivity index (χ1) is 34.1. The van der Waals surface area contributed by atoms with Crippen LogP contribution in [0.1, 0.15) is 92.1 Å². The van der Waals surface area contributed by atoms with E-state index in [2.05, 4.69) is 47.5 Å². The molecule has 0 aliphatic rings. The molecule has 73 heavy (non-hydrogen) atoms. The molecule has 0 aliphatic heterocycles. The number of carboxylic acid groups (broad SMARTS) is 1. The van der Waals surface area contributed by atoms with Crippen molar-refractivity contribution in [3.05, 3.63) is 29.8 Å². The van der Waals surface area contributed by atoms with E-state index in [-0.39, 0.29) is 69.2 Å². The number of hydrogen-bond donors (Lipinski definition) is 17. The normalized spacial score (nSPS) is 15.6. The lowest BCUT2D eigenvalue weighted by Crippen LogP contribution is -2.62. The summed E-state index contributed by atoms with van der Waals surface area (Å²) in [7, 11) is 0. The number of benzene rings is 1. The Morgan fingerprint density at radius 3 is 1.48 bits per heavy atom. The number of guanidine groups is 1. The van der Waals surface area contributed by atoms with Crippen LogP contribution in [0, 0.1) is 5.92 Å². The minimum absolute atomic E-state index is 0.0279. The summed E-state index contributed by atoms with van der Waals surface area (Å²) in [6, 6.07) is -7.92. The fourth-order valence-electron chi connectivity index (χ4n) is 6.81. The summed E-state index contributed by atoms with van der Waals surface area (Å²) in [4.78, 5) is 136. The van der Waals surface area contributed by atoms with Gasteiger partial charge in [0.15, 0.2) is 5.96 Å². The van der Waals surface area contributed by atoms with Crippen molar-refractivity contribution in [3.8, 4) is 5.75 Å². The number of rotatable bonds is 33. The number of hydrogen-bond acceptors (Lipinski definition) is 16. The fourth-order valence-corrected chi connectivity index (χ4v) is 6.81. The Hall–Kier alpha value is -7.17. The van der Waals surface area contributed by atoms with Crippen LogP contribution in [0.15, 0.2) is 29.3 Å². The van der Waals surface area contributed by atoms with Gasteiger partial charge in [-0.1, -0.05) is 26.0 Å². The number of aliphatic hydroxyl groups is 2. The fraction of sp³-hybridized carbons (Fsp3) is 0.622. The van der Waals surface area contributed by atoms with Crippen molar-refractivity contribution < 1.29 is 68.4 Å². The number of aliphatic hydroxyl groups excluding tert-OH is 2. The Morgan fingerprint density at radius 1 is 0.562 bits per heavy atom. The van der Waals surface area contributed by atoms with Gasteiger partial charge in [0.05, 0.1) is 24.7 Å². The molecule has 22 N–H and O–H groups in total. The molecule has 1 rings (SSSR count).